The predicted molar refractivity (Wildman–Crippen MR) is 149 cm³/mol. The Labute approximate surface area is 235 Å². The van der Waals surface area contributed by atoms with Gasteiger partial charge in [0.05, 0.1) is 41.9 Å². The molecule has 0 saturated carbocycles. The van der Waals surface area contributed by atoms with Crippen LogP contribution in [0.25, 0.3) is 11.0 Å². The van der Waals surface area contributed by atoms with E-state index in [1.165, 1.54) is 16.4 Å². The summed E-state index contributed by atoms with van der Waals surface area (Å²) < 4.78 is 55.5. The van der Waals surface area contributed by atoms with Crippen molar-refractivity contribution < 1.29 is 12.8 Å². The molecule has 0 aliphatic carbocycles. The number of anilines is 1. The first kappa shape index (κ1) is 26.1. The fourth-order valence-corrected chi connectivity index (χ4v) is 7.54. The van der Waals surface area contributed by atoms with E-state index in [-0.39, 0.29) is 17.0 Å². The number of benzene rings is 3. The molecule has 12 heteroatoms. The largest absolute Gasteiger partial charge is 0.364 e. The van der Waals surface area contributed by atoms with Gasteiger partial charge in [0, 0.05) is 43.6 Å². The molecule has 0 spiro atoms. The molecule has 0 radical (unpaired) electrons. The number of nitrogens with zero attached hydrogens (tertiary/aromatic N) is 7. The zero-order valence-corrected chi connectivity index (χ0v) is 23.1. The third-order valence-electron chi connectivity index (χ3n) is 7.23. The molecule has 3 heterocycles. The average molecular weight is 574 g/mol. The molecule has 0 saturated heterocycles. The van der Waals surface area contributed by atoms with E-state index in [0.717, 1.165) is 28.7 Å². The van der Waals surface area contributed by atoms with E-state index < -0.39 is 21.9 Å². The average Bonchev–Trinajstić information content (AvgIpc) is 3.60. The van der Waals surface area contributed by atoms with E-state index in [0.29, 0.717) is 36.1 Å². The Morgan fingerprint density at radius 1 is 1.15 bits per heavy atom. The first-order valence-corrected chi connectivity index (χ1v) is 14.7. The van der Waals surface area contributed by atoms with E-state index in [9.17, 15) is 18.1 Å². The molecule has 9 nitrogen and oxygen atoms in total. The fourth-order valence-electron chi connectivity index (χ4n) is 5.19. The third-order valence-corrected chi connectivity index (χ3v) is 9.70. The van der Waals surface area contributed by atoms with Crippen molar-refractivity contribution in [2.24, 2.45) is 7.05 Å². The van der Waals surface area contributed by atoms with Gasteiger partial charge in [-0.1, -0.05) is 24.3 Å². The fraction of sp³-hybridized carbons (Fsp3) is 0.214. The highest BCUT2D eigenvalue weighted by molar-refractivity contribution is 7.89. The summed E-state index contributed by atoms with van der Waals surface area (Å²) >= 11 is 0.945. The second-order valence-corrected chi connectivity index (χ2v) is 12.1. The maximum Gasteiger partial charge on any atom is 0.245 e. The van der Waals surface area contributed by atoms with Crippen molar-refractivity contribution in [2.45, 2.75) is 30.4 Å². The summed E-state index contributed by atoms with van der Waals surface area (Å²) in [5, 5.41) is 9.57. The number of rotatable bonds is 7. The highest BCUT2D eigenvalue weighted by Crippen LogP contribution is 2.35. The number of aromatic nitrogens is 4. The van der Waals surface area contributed by atoms with Gasteiger partial charge < -0.3 is 9.47 Å². The summed E-state index contributed by atoms with van der Waals surface area (Å²) in [6.07, 6.45) is 3.84. The molecule has 3 aromatic carbocycles. The van der Waals surface area contributed by atoms with Gasteiger partial charge in [-0.2, -0.15) is 18.3 Å². The number of hydrogen-bond donors (Lipinski definition) is 0. The van der Waals surface area contributed by atoms with Crippen molar-refractivity contribution in [3.05, 3.63) is 101 Å². The van der Waals surface area contributed by atoms with Gasteiger partial charge in [0.2, 0.25) is 10.0 Å². The van der Waals surface area contributed by atoms with Crippen molar-refractivity contribution in [3.63, 3.8) is 0 Å². The predicted octanol–water partition coefficient (Wildman–Crippen LogP) is 4.26. The maximum atomic E-state index is 14.9. The first-order chi connectivity index (χ1) is 19.3. The normalized spacial score (nSPS) is 15.3. The monoisotopic (exact) mass is 573 g/mol. The Hall–Kier alpha value is -4.18. The molecule has 0 fully saturated rings. The van der Waals surface area contributed by atoms with Crippen LogP contribution in [0.15, 0.2) is 78.1 Å². The Morgan fingerprint density at radius 2 is 2.00 bits per heavy atom. The van der Waals surface area contributed by atoms with E-state index in [1.807, 2.05) is 17.7 Å². The van der Waals surface area contributed by atoms with Gasteiger partial charge in [-0.05, 0) is 48.4 Å². The molecule has 2 aromatic heterocycles. The van der Waals surface area contributed by atoms with Gasteiger partial charge in [-0.3, -0.25) is 0 Å². The van der Waals surface area contributed by atoms with Crippen molar-refractivity contribution in [2.75, 3.05) is 11.4 Å². The van der Waals surface area contributed by atoms with Gasteiger partial charge in [-0.25, -0.2) is 17.8 Å². The lowest BCUT2D eigenvalue weighted by Crippen LogP contribution is -2.50. The van der Waals surface area contributed by atoms with Crippen molar-refractivity contribution >= 4 is 38.5 Å². The molecule has 1 aliphatic rings. The lowest BCUT2D eigenvalue weighted by Gasteiger charge is -2.41. The van der Waals surface area contributed by atoms with Crippen LogP contribution in [0.1, 0.15) is 22.4 Å². The minimum absolute atomic E-state index is 0.0323. The summed E-state index contributed by atoms with van der Waals surface area (Å²) in [6, 6.07) is 18.2. The molecule has 5 aromatic rings. The first-order valence-electron chi connectivity index (χ1n) is 12.5. The van der Waals surface area contributed by atoms with Gasteiger partial charge in [-0.15, -0.1) is 0 Å². The molecule has 1 aliphatic heterocycles. The molecule has 1 unspecified atom stereocenters. The Kier molecular flexibility index (Phi) is 6.79. The van der Waals surface area contributed by atoms with Crippen molar-refractivity contribution in [3.8, 4) is 6.07 Å². The molecular weight excluding hydrogens is 549 g/mol. The number of halogens is 1. The van der Waals surface area contributed by atoms with Crippen LogP contribution in [0.4, 0.5) is 10.1 Å². The second-order valence-electron chi connectivity index (χ2n) is 9.72. The maximum absolute atomic E-state index is 14.9. The highest BCUT2D eigenvalue weighted by Gasteiger charge is 2.38. The lowest BCUT2D eigenvalue weighted by atomic mass is 9.95. The van der Waals surface area contributed by atoms with E-state index in [1.54, 1.807) is 55.0 Å². The van der Waals surface area contributed by atoms with Crippen LogP contribution in [0.2, 0.25) is 0 Å². The second kappa shape index (κ2) is 10.4. The summed E-state index contributed by atoms with van der Waals surface area (Å²) in [7, 11) is -2.26. The van der Waals surface area contributed by atoms with Crippen LogP contribution in [-0.4, -0.2) is 43.6 Å². The van der Waals surface area contributed by atoms with Crippen molar-refractivity contribution in [1.29, 1.82) is 5.26 Å². The third kappa shape index (κ3) is 4.72. The van der Waals surface area contributed by atoms with Crippen LogP contribution in [0, 0.1) is 17.1 Å². The number of fused-ring (bicyclic) bond motifs is 2. The van der Waals surface area contributed by atoms with E-state index >= 15 is 0 Å². The van der Waals surface area contributed by atoms with Crippen LogP contribution < -0.4 is 4.90 Å². The molecule has 40 heavy (non-hydrogen) atoms. The minimum Gasteiger partial charge on any atom is -0.364 e. The molecule has 6 rings (SSSR count). The SMILES string of the molecule is Cn1cncc1CN1CC(N(Cc2ccccc2F)S(=O)(=O)c2cccc3nsnc23)Cc2cc(C#N)ccc21. The minimum atomic E-state index is -4.16. The van der Waals surface area contributed by atoms with E-state index in [2.05, 4.69) is 24.7 Å². The van der Waals surface area contributed by atoms with Gasteiger partial charge in [0.1, 0.15) is 21.7 Å². The van der Waals surface area contributed by atoms with Gasteiger partial charge >= 0.3 is 0 Å². The van der Waals surface area contributed by atoms with Crippen LogP contribution in [0.5, 0.6) is 0 Å². The molecule has 0 N–H and O–H groups in total. The molecule has 202 valence electrons. The van der Waals surface area contributed by atoms with Gasteiger partial charge in [0.15, 0.2) is 0 Å². The standard InChI is InChI=1S/C28H24FN7O2S2/c1-34-18-31-14-23(34)17-35-16-22(12-21-11-19(13-30)9-10-26(21)35)36(15-20-5-2-3-6-24(20)29)40(37,38)27-8-4-7-25-28(27)33-39-32-25/h2-11,14,18,22H,12,15-17H2,1H3. The number of hydrogen-bond acceptors (Lipinski definition) is 8. The van der Waals surface area contributed by atoms with Gasteiger partial charge in [0.25, 0.3) is 0 Å². The Bertz CT molecular complexity index is 1860. The smallest absolute Gasteiger partial charge is 0.245 e. The quantitative estimate of drug-likeness (QED) is 0.286. The van der Waals surface area contributed by atoms with E-state index in [4.69, 9.17) is 0 Å². The summed E-state index contributed by atoms with van der Waals surface area (Å²) in [4.78, 5) is 6.35. The number of aryl methyl sites for hydroxylation is 1. The molecule has 0 amide bonds. The molecule has 1 atom stereocenters. The summed E-state index contributed by atoms with van der Waals surface area (Å²) in [5.74, 6) is -0.481. The van der Waals surface area contributed by atoms with Crippen molar-refractivity contribution in [1.82, 2.24) is 22.6 Å². The summed E-state index contributed by atoms with van der Waals surface area (Å²) in [5.41, 5.74) is 4.25. The zero-order valence-electron chi connectivity index (χ0n) is 21.5. The van der Waals surface area contributed by atoms with Crippen LogP contribution in [0.3, 0.4) is 0 Å². The number of nitriles is 1. The number of sulfonamides is 1. The Balaban J connectivity index is 1.48. The molecular formula is C28H24FN7O2S2. The molecule has 0 bridgehead atoms. The number of imidazole rings is 1. The lowest BCUT2D eigenvalue weighted by molar-refractivity contribution is 0.299. The zero-order chi connectivity index (χ0) is 27.9. The topological polar surface area (TPSA) is 108 Å². The Morgan fingerprint density at radius 3 is 2.77 bits per heavy atom. The highest BCUT2D eigenvalue weighted by atomic mass is 32.2. The van der Waals surface area contributed by atoms with Crippen LogP contribution in [-0.2, 0) is 36.6 Å². The summed E-state index contributed by atoms with van der Waals surface area (Å²) in [6.45, 7) is 0.661. The van der Waals surface area contributed by atoms with Crippen LogP contribution >= 0.6 is 11.7 Å².